The molecule has 3 rings (SSSR count). The highest BCUT2D eigenvalue weighted by molar-refractivity contribution is 6.30. The Morgan fingerprint density at radius 3 is 2.78 bits per heavy atom. The van der Waals surface area contributed by atoms with Crippen LogP contribution in [-0.4, -0.2) is 21.4 Å². The number of nitrogens with zero attached hydrogens (tertiary/aromatic N) is 4. The minimum atomic E-state index is 0.303. The third-order valence-electron chi connectivity index (χ3n) is 3.24. The fraction of sp³-hybridized carbons (Fsp3) is 0.308. The van der Waals surface area contributed by atoms with Crippen molar-refractivity contribution in [3.63, 3.8) is 0 Å². The summed E-state index contributed by atoms with van der Waals surface area (Å²) >= 11 is 5.94. The van der Waals surface area contributed by atoms with Gasteiger partial charge < -0.3 is 0 Å². The summed E-state index contributed by atoms with van der Waals surface area (Å²) in [4.78, 5) is 5.84. The van der Waals surface area contributed by atoms with Gasteiger partial charge >= 0.3 is 0 Å². The van der Waals surface area contributed by atoms with Crippen molar-refractivity contribution in [2.75, 3.05) is 11.6 Å². The van der Waals surface area contributed by atoms with Crippen LogP contribution in [0.3, 0.4) is 0 Å². The molecule has 2 aromatic rings. The minimum Gasteiger partial charge on any atom is -0.288 e. The summed E-state index contributed by atoms with van der Waals surface area (Å²) in [6, 6.07) is 8.33. The zero-order chi connectivity index (χ0) is 12.4. The van der Waals surface area contributed by atoms with E-state index in [2.05, 4.69) is 33.6 Å². The van der Waals surface area contributed by atoms with Crippen LogP contribution in [0.1, 0.15) is 24.4 Å². The molecule has 0 amide bonds. The maximum absolute atomic E-state index is 5.94. The monoisotopic (exact) mass is 261 g/mol. The highest BCUT2D eigenvalue weighted by Gasteiger charge is 2.24. The summed E-state index contributed by atoms with van der Waals surface area (Å²) in [6.07, 6.45) is 7.73. The Labute approximate surface area is 111 Å². The second-order valence-electron chi connectivity index (χ2n) is 4.36. The van der Waals surface area contributed by atoms with Gasteiger partial charge in [0.1, 0.15) is 12.7 Å². The number of aromatic nitrogens is 3. The predicted octanol–water partition coefficient (Wildman–Crippen LogP) is 2.61. The molecule has 1 aromatic heterocycles. The highest BCUT2D eigenvalue weighted by atomic mass is 35.5. The van der Waals surface area contributed by atoms with E-state index >= 15 is 0 Å². The van der Waals surface area contributed by atoms with Crippen LogP contribution in [0.2, 0.25) is 5.02 Å². The molecule has 2 heterocycles. The van der Waals surface area contributed by atoms with Gasteiger partial charge in [-0.05, 0) is 37.0 Å². The van der Waals surface area contributed by atoms with E-state index in [1.807, 2.05) is 16.9 Å². The molecule has 18 heavy (non-hydrogen) atoms. The smallest absolute Gasteiger partial charge is 0.139 e. The number of hydrogen-bond acceptors (Lipinski definition) is 3. The van der Waals surface area contributed by atoms with Gasteiger partial charge in [-0.1, -0.05) is 23.7 Å². The van der Waals surface area contributed by atoms with Crippen molar-refractivity contribution in [1.82, 2.24) is 14.9 Å². The number of benzene rings is 1. The topological polar surface area (TPSA) is 34.0 Å². The normalized spacial score (nSPS) is 20.1. The van der Waals surface area contributed by atoms with Crippen molar-refractivity contribution in [3.8, 4) is 0 Å². The van der Waals surface area contributed by atoms with Crippen molar-refractivity contribution in [2.45, 2.75) is 18.9 Å². The van der Waals surface area contributed by atoms with Crippen LogP contribution in [0.5, 0.6) is 0 Å². The third-order valence-corrected chi connectivity index (χ3v) is 3.49. The van der Waals surface area contributed by atoms with E-state index in [0.717, 1.165) is 24.4 Å². The van der Waals surface area contributed by atoms with Crippen molar-refractivity contribution < 1.29 is 0 Å². The fourth-order valence-corrected chi connectivity index (χ4v) is 2.48. The van der Waals surface area contributed by atoms with Crippen LogP contribution >= 0.6 is 11.6 Å². The quantitative estimate of drug-likeness (QED) is 0.833. The standard InChI is InChI=1S/C13H14ClN4/c14-12-6-4-11(5-7-12)13-3-1-2-8-17(13)18-10-15-9-16-18/h1,4-7,9-10,13H,2-3,8H2. The molecule has 0 bridgehead atoms. The Hall–Kier alpha value is -1.55. The lowest BCUT2D eigenvalue weighted by atomic mass is 9.97. The Kier molecular flexibility index (Phi) is 3.19. The van der Waals surface area contributed by atoms with Gasteiger partial charge in [-0.3, -0.25) is 5.01 Å². The first kappa shape index (κ1) is 11.5. The Balaban J connectivity index is 1.90. The Bertz CT molecular complexity index is 494. The van der Waals surface area contributed by atoms with E-state index in [0.29, 0.717) is 6.04 Å². The molecule has 4 nitrogen and oxygen atoms in total. The lowest BCUT2D eigenvalue weighted by Gasteiger charge is -2.36. The first-order chi connectivity index (χ1) is 8.84. The molecular weight excluding hydrogens is 248 g/mol. The van der Waals surface area contributed by atoms with Gasteiger partial charge in [-0.25, -0.2) is 4.98 Å². The van der Waals surface area contributed by atoms with E-state index in [9.17, 15) is 0 Å². The molecule has 5 heteroatoms. The van der Waals surface area contributed by atoms with E-state index in [1.165, 1.54) is 5.56 Å². The molecule has 0 saturated carbocycles. The average Bonchev–Trinajstić information content (AvgIpc) is 2.93. The van der Waals surface area contributed by atoms with Crippen molar-refractivity contribution >= 4 is 11.6 Å². The molecule has 93 valence electrons. The lowest BCUT2D eigenvalue weighted by molar-refractivity contribution is 0.407. The molecule has 0 N–H and O–H groups in total. The molecule has 0 aliphatic carbocycles. The SMILES string of the molecule is Clc1ccc(C2C[CH]CCN2n2cncn2)cc1. The fourth-order valence-electron chi connectivity index (χ4n) is 2.35. The van der Waals surface area contributed by atoms with Gasteiger partial charge in [0.2, 0.25) is 0 Å². The van der Waals surface area contributed by atoms with Crippen molar-refractivity contribution in [3.05, 3.63) is 53.9 Å². The summed E-state index contributed by atoms with van der Waals surface area (Å²) < 4.78 is 0. The summed E-state index contributed by atoms with van der Waals surface area (Å²) in [5.74, 6) is 0. The number of hydrogen-bond donors (Lipinski definition) is 0. The zero-order valence-corrected chi connectivity index (χ0v) is 10.7. The van der Waals surface area contributed by atoms with Crippen molar-refractivity contribution in [1.29, 1.82) is 0 Å². The highest BCUT2D eigenvalue weighted by Crippen LogP contribution is 2.29. The summed E-state index contributed by atoms with van der Waals surface area (Å²) in [5, 5.41) is 7.23. The number of rotatable bonds is 2. The molecule has 1 saturated heterocycles. The van der Waals surface area contributed by atoms with Crippen molar-refractivity contribution in [2.24, 2.45) is 0 Å². The van der Waals surface area contributed by atoms with Gasteiger partial charge in [-0.15, -0.1) is 5.10 Å². The molecule has 1 aromatic carbocycles. The van der Waals surface area contributed by atoms with Crippen LogP contribution < -0.4 is 5.01 Å². The van der Waals surface area contributed by atoms with Crippen LogP contribution in [0, 0.1) is 6.42 Å². The Morgan fingerprint density at radius 1 is 1.22 bits per heavy atom. The summed E-state index contributed by atoms with van der Waals surface area (Å²) in [7, 11) is 0. The second-order valence-corrected chi connectivity index (χ2v) is 4.80. The van der Waals surface area contributed by atoms with E-state index < -0.39 is 0 Å². The first-order valence-electron chi connectivity index (χ1n) is 6.03. The molecule has 0 spiro atoms. The van der Waals surface area contributed by atoms with Gasteiger partial charge in [0.05, 0.1) is 6.04 Å². The van der Waals surface area contributed by atoms with E-state index in [-0.39, 0.29) is 0 Å². The molecule has 1 unspecified atom stereocenters. The minimum absolute atomic E-state index is 0.303. The average molecular weight is 262 g/mol. The summed E-state index contributed by atoms with van der Waals surface area (Å²) in [5.41, 5.74) is 1.26. The maximum atomic E-state index is 5.94. The molecule has 1 aliphatic rings. The van der Waals surface area contributed by atoms with E-state index in [1.54, 1.807) is 12.7 Å². The lowest BCUT2D eigenvalue weighted by Crippen LogP contribution is -2.42. The number of piperidine rings is 1. The van der Waals surface area contributed by atoms with Gasteiger partial charge in [0.25, 0.3) is 0 Å². The van der Waals surface area contributed by atoms with Gasteiger partial charge in [-0.2, -0.15) is 4.79 Å². The second kappa shape index (κ2) is 4.98. The van der Waals surface area contributed by atoms with Gasteiger partial charge in [0, 0.05) is 11.6 Å². The largest absolute Gasteiger partial charge is 0.288 e. The van der Waals surface area contributed by atoms with Gasteiger partial charge in [0.15, 0.2) is 0 Å². The van der Waals surface area contributed by atoms with E-state index in [4.69, 9.17) is 11.6 Å². The summed E-state index contributed by atoms with van der Waals surface area (Å²) in [6.45, 7) is 0.955. The molecule has 1 fully saturated rings. The third kappa shape index (κ3) is 2.20. The first-order valence-corrected chi connectivity index (χ1v) is 6.41. The number of halogens is 1. The zero-order valence-electron chi connectivity index (χ0n) is 9.91. The maximum Gasteiger partial charge on any atom is 0.139 e. The molecule has 1 radical (unpaired) electrons. The predicted molar refractivity (Wildman–Crippen MR) is 70.8 cm³/mol. The molecule has 1 aliphatic heterocycles. The van der Waals surface area contributed by atoms with Crippen LogP contribution in [0.4, 0.5) is 0 Å². The molecule has 1 atom stereocenters. The molecular formula is C13H14ClN4. The van der Waals surface area contributed by atoms with Crippen LogP contribution in [0.25, 0.3) is 0 Å². The van der Waals surface area contributed by atoms with Crippen LogP contribution in [-0.2, 0) is 0 Å². The van der Waals surface area contributed by atoms with Crippen LogP contribution in [0.15, 0.2) is 36.9 Å². The Morgan fingerprint density at radius 2 is 2.06 bits per heavy atom.